The zero-order chi connectivity index (χ0) is 14.2. The van der Waals surface area contributed by atoms with E-state index in [1.165, 1.54) is 0 Å². The fraction of sp³-hybridized carbons (Fsp3) is 0.929. The van der Waals surface area contributed by atoms with Gasteiger partial charge in [0.15, 0.2) is 9.84 Å². The lowest BCUT2D eigenvalue weighted by atomic mass is 10.0. The van der Waals surface area contributed by atoms with Gasteiger partial charge in [-0.25, -0.2) is 8.42 Å². The molecule has 0 bridgehead atoms. The van der Waals surface area contributed by atoms with Crippen LogP contribution in [-0.4, -0.2) is 56.4 Å². The van der Waals surface area contributed by atoms with Crippen molar-refractivity contribution in [1.29, 1.82) is 0 Å². The quantitative estimate of drug-likeness (QED) is 0.826. The van der Waals surface area contributed by atoms with Crippen molar-refractivity contribution in [2.75, 3.05) is 31.9 Å². The van der Waals surface area contributed by atoms with E-state index >= 15 is 0 Å². The Bertz CT molecular complexity index is 465. The highest BCUT2D eigenvalue weighted by molar-refractivity contribution is 7.92. The van der Waals surface area contributed by atoms with Gasteiger partial charge in [0.25, 0.3) is 0 Å². The van der Waals surface area contributed by atoms with E-state index in [9.17, 15) is 13.2 Å². The van der Waals surface area contributed by atoms with Crippen LogP contribution in [0.25, 0.3) is 0 Å². The lowest BCUT2D eigenvalue weighted by molar-refractivity contribution is -0.130. The molecule has 5 nitrogen and oxygen atoms in total. The number of carbonyl (C=O) groups excluding carboxylic acids is 1. The molecule has 3 aliphatic rings. The maximum Gasteiger partial charge on any atom is 0.223 e. The predicted octanol–water partition coefficient (Wildman–Crippen LogP) is 0.834. The Morgan fingerprint density at radius 2 is 1.67 bits per heavy atom. The first kappa shape index (κ1) is 17.0. The molecular formula is C14H25ClN2O3S. The largest absolute Gasteiger partial charge is 0.342 e. The molecule has 0 unspecified atom stereocenters. The van der Waals surface area contributed by atoms with Gasteiger partial charge in [-0.1, -0.05) is 12.8 Å². The van der Waals surface area contributed by atoms with E-state index in [2.05, 4.69) is 5.32 Å². The van der Waals surface area contributed by atoms with Crippen molar-refractivity contribution in [2.24, 2.45) is 11.8 Å². The van der Waals surface area contributed by atoms with E-state index in [-0.39, 0.29) is 35.7 Å². The summed E-state index contributed by atoms with van der Waals surface area (Å²) in [5, 5.41) is 3.16. The van der Waals surface area contributed by atoms with Gasteiger partial charge >= 0.3 is 0 Å². The minimum Gasteiger partial charge on any atom is -0.342 e. The van der Waals surface area contributed by atoms with E-state index in [1.54, 1.807) is 0 Å². The number of sulfone groups is 1. The molecule has 3 rings (SSSR count). The number of hydrogen-bond acceptors (Lipinski definition) is 4. The molecule has 0 aromatic carbocycles. The van der Waals surface area contributed by atoms with Gasteiger partial charge in [-0.05, 0) is 24.7 Å². The zero-order valence-corrected chi connectivity index (χ0v) is 13.9. The second-order valence-electron chi connectivity index (χ2n) is 6.50. The van der Waals surface area contributed by atoms with Crippen molar-refractivity contribution in [3.8, 4) is 0 Å². The topological polar surface area (TPSA) is 66.5 Å². The average molecular weight is 337 g/mol. The summed E-state index contributed by atoms with van der Waals surface area (Å²) in [4.78, 5) is 14.1. The molecule has 2 heterocycles. The molecule has 122 valence electrons. The minimum atomic E-state index is -3.06. The van der Waals surface area contributed by atoms with Crippen LogP contribution in [0.15, 0.2) is 0 Å². The van der Waals surface area contributed by atoms with E-state index in [4.69, 9.17) is 0 Å². The number of amides is 1. The highest BCUT2D eigenvalue weighted by Gasteiger charge is 2.38. The summed E-state index contributed by atoms with van der Waals surface area (Å²) in [5.41, 5.74) is 0. The van der Waals surface area contributed by atoms with Gasteiger partial charge in [0.2, 0.25) is 5.91 Å². The molecule has 0 aromatic heterocycles. The van der Waals surface area contributed by atoms with Crippen molar-refractivity contribution in [3.63, 3.8) is 0 Å². The lowest BCUT2D eigenvalue weighted by Gasteiger charge is -2.18. The molecular weight excluding hydrogens is 312 g/mol. The third-order valence-corrected chi connectivity index (χ3v) is 7.41. The summed E-state index contributed by atoms with van der Waals surface area (Å²) in [6.45, 7) is 3.60. The van der Waals surface area contributed by atoms with Gasteiger partial charge in [0.1, 0.15) is 0 Å². The van der Waals surface area contributed by atoms with Gasteiger partial charge in [0, 0.05) is 32.6 Å². The molecule has 7 heteroatoms. The number of hydrogen-bond donors (Lipinski definition) is 1. The minimum absolute atomic E-state index is 0. The van der Waals surface area contributed by atoms with Crippen LogP contribution in [0.3, 0.4) is 0 Å². The molecule has 0 aromatic rings. The van der Waals surface area contributed by atoms with Gasteiger partial charge < -0.3 is 10.2 Å². The summed E-state index contributed by atoms with van der Waals surface area (Å²) in [6.07, 6.45) is 3.78. The molecule has 3 fully saturated rings. The number of carbonyl (C=O) groups is 1. The van der Waals surface area contributed by atoms with Crippen LogP contribution in [0, 0.1) is 11.8 Å². The van der Waals surface area contributed by atoms with Crippen molar-refractivity contribution in [3.05, 3.63) is 0 Å². The second kappa shape index (κ2) is 6.84. The summed E-state index contributed by atoms with van der Waals surface area (Å²) in [6, 6.07) is 0. The SMILES string of the molecule is Cl.O=C(CCS(=O)(=O)C1CCCC1)N1C[C@H]2CNC[C@H]2C1. The smallest absolute Gasteiger partial charge is 0.223 e. The Kier molecular flexibility index (Phi) is 5.54. The van der Waals surface area contributed by atoms with Crippen LogP contribution in [0.5, 0.6) is 0 Å². The molecule has 1 amide bonds. The number of fused-ring (bicyclic) bond motifs is 1. The number of nitrogens with zero attached hydrogens (tertiary/aromatic N) is 1. The molecule has 0 spiro atoms. The first-order valence-corrected chi connectivity index (χ1v) is 9.48. The Balaban J connectivity index is 0.00000161. The van der Waals surface area contributed by atoms with Crippen LogP contribution >= 0.6 is 12.4 Å². The monoisotopic (exact) mass is 336 g/mol. The van der Waals surface area contributed by atoms with Crippen molar-refractivity contribution in [1.82, 2.24) is 10.2 Å². The Morgan fingerprint density at radius 1 is 1.10 bits per heavy atom. The maximum absolute atomic E-state index is 12.2. The molecule has 2 aliphatic heterocycles. The normalized spacial score (nSPS) is 29.4. The number of rotatable bonds is 4. The first-order chi connectivity index (χ1) is 9.56. The Labute approximate surface area is 133 Å². The van der Waals surface area contributed by atoms with Gasteiger partial charge in [-0.3, -0.25) is 4.79 Å². The molecule has 1 saturated carbocycles. The molecule has 0 radical (unpaired) electrons. The summed E-state index contributed by atoms with van der Waals surface area (Å²) in [5.74, 6) is 1.22. The van der Waals surface area contributed by atoms with Gasteiger partial charge in [-0.15, -0.1) is 12.4 Å². The first-order valence-electron chi connectivity index (χ1n) is 7.76. The summed E-state index contributed by atoms with van der Waals surface area (Å²) in [7, 11) is -3.06. The Morgan fingerprint density at radius 3 is 2.24 bits per heavy atom. The maximum atomic E-state index is 12.2. The number of nitrogens with one attached hydrogen (secondary N) is 1. The number of likely N-dealkylation sites (tertiary alicyclic amines) is 1. The van der Waals surface area contributed by atoms with E-state index in [0.29, 0.717) is 11.8 Å². The number of halogens is 1. The van der Waals surface area contributed by atoms with E-state index in [1.807, 2.05) is 4.90 Å². The fourth-order valence-corrected chi connectivity index (χ4v) is 5.70. The standard InChI is InChI=1S/C14H24N2O3S.ClH/c17-14(16-9-11-7-15-8-12(11)10-16)5-6-20(18,19)13-3-1-2-4-13;/h11-13,15H,1-10H2;1H/t11-,12+;. The van der Waals surface area contributed by atoms with Crippen LogP contribution in [0.4, 0.5) is 0 Å². The second-order valence-corrected chi connectivity index (χ2v) is 8.90. The van der Waals surface area contributed by atoms with Crippen LogP contribution < -0.4 is 5.32 Å². The summed E-state index contributed by atoms with van der Waals surface area (Å²) >= 11 is 0. The highest BCUT2D eigenvalue weighted by atomic mass is 35.5. The zero-order valence-electron chi connectivity index (χ0n) is 12.3. The van der Waals surface area contributed by atoms with Crippen LogP contribution in [-0.2, 0) is 14.6 Å². The Hall–Kier alpha value is -0.330. The van der Waals surface area contributed by atoms with Crippen molar-refractivity contribution in [2.45, 2.75) is 37.4 Å². The third kappa shape index (κ3) is 3.71. The molecule has 1 aliphatic carbocycles. The average Bonchev–Trinajstić information content (AvgIpc) is 3.10. The lowest BCUT2D eigenvalue weighted by Crippen LogP contribution is -2.33. The fourth-order valence-electron chi connectivity index (χ4n) is 3.86. The third-order valence-electron chi connectivity index (χ3n) is 5.15. The van der Waals surface area contributed by atoms with E-state index in [0.717, 1.165) is 51.9 Å². The highest BCUT2D eigenvalue weighted by Crippen LogP contribution is 2.28. The van der Waals surface area contributed by atoms with Crippen molar-refractivity contribution < 1.29 is 13.2 Å². The van der Waals surface area contributed by atoms with Gasteiger partial charge in [-0.2, -0.15) is 0 Å². The molecule has 2 saturated heterocycles. The van der Waals surface area contributed by atoms with Crippen LogP contribution in [0.2, 0.25) is 0 Å². The predicted molar refractivity (Wildman–Crippen MR) is 84.3 cm³/mol. The van der Waals surface area contributed by atoms with E-state index < -0.39 is 9.84 Å². The summed E-state index contributed by atoms with van der Waals surface area (Å²) < 4.78 is 24.3. The van der Waals surface area contributed by atoms with Crippen molar-refractivity contribution >= 4 is 28.2 Å². The van der Waals surface area contributed by atoms with Crippen LogP contribution in [0.1, 0.15) is 32.1 Å². The van der Waals surface area contributed by atoms with Gasteiger partial charge in [0.05, 0.1) is 11.0 Å². The molecule has 2 atom stereocenters. The molecule has 1 N–H and O–H groups in total. The molecule has 21 heavy (non-hydrogen) atoms.